The molecule has 1 aromatic carbocycles. The second kappa shape index (κ2) is 7.48. The number of rotatable bonds is 6. The molecule has 1 amide bonds. The number of carbonyl (C=O) groups excluding carboxylic acids is 1. The van der Waals surface area contributed by atoms with E-state index in [0.29, 0.717) is 12.5 Å². The van der Waals surface area contributed by atoms with Gasteiger partial charge >= 0.3 is 0 Å². The zero-order chi connectivity index (χ0) is 18.8. The van der Waals surface area contributed by atoms with Gasteiger partial charge in [0, 0.05) is 55.1 Å². The largest absolute Gasteiger partial charge is 0.352 e. The quantitative estimate of drug-likeness (QED) is 0.731. The van der Waals surface area contributed by atoms with Gasteiger partial charge in [0.2, 0.25) is 5.91 Å². The summed E-state index contributed by atoms with van der Waals surface area (Å²) in [4.78, 5) is 18.5. The highest BCUT2D eigenvalue weighted by Gasteiger charge is 2.24. The van der Waals surface area contributed by atoms with Crippen LogP contribution in [-0.4, -0.2) is 44.0 Å². The lowest BCUT2D eigenvalue weighted by Gasteiger charge is -2.29. The summed E-state index contributed by atoms with van der Waals surface area (Å²) in [6.45, 7) is 6.01. The fourth-order valence-corrected chi connectivity index (χ4v) is 3.61. The molecule has 0 unspecified atom stereocenters. The fraction of sp³-hybridized carbons (Fsp3) is 0.381. The molecular weight excluding hydrogens is 338 g/mol. The van der Waals surface area contributed by atoms with Crippen LogP contribution in [0.15, 0.2) is 48.9 Å². The molecule has 0 aliphatic carbocycles. The van der Waals surface area contributed by atoms with E-state index in [2.05, 4.69) is 52.5 Å². The number of fused-ring (bicyclic) bond motifs is 1. The van der Waals surface area contributed by atoms with Gasteiger partial charge in [0.05, 0.1) is 6.20 Å². The van der Waals surface area contributed by atoms with Crippen LogP contribution in [0.5, 0.6) is 0 Å². The number of nitrogens with one attached hydrogen (secondary N) is 1. The van der Waals surface area contributed by atoms with E-state index in [-0.39, 0.29) is 11.9 Å². The molecule has 4 rings (SSSR count). The zero-order valence-corrected chi connectivity index (χ0v) is 15.8. The summed E-state index contributed by atoms with van der Waals surface area (Å²) in [6.07, 6.45) is 7.41. The van der Waals surface area contributed by atoms with Crippen LogP contribution >= 0.6 is 0 Å². The first-order valence-corrected chi connectivity index (χ1v) is 9.51. The Morgan fingerprint density at radius 2 is 2.07 bits per heavy atom. The second-order valence-electron chi connectivity index (χ2n) is 7.48. The summed E-state index contributed by atoms with van der Waals surface area (Å²) >= 11 is 0. The van der Waals surface area contributed by atoms with Crippen molar-refractivity contribution in [2.75, 3.05) is 6.54 Å². The molecule has 6 nitrogen and oxygen atoms in total. The summed E-state index contributed by atoms with van der Waals surface area (Å²) < 4.78 is 1.85. The molecule has 0 radical (unpaired) electrons. The smallest absolute Gasteiger partial charge is 0.220 e. The van der Waals surface area contributed by atoms with Crippen LogP contribution in [0.1, 0.15) is 32.3 Å². The van der Waals surface area contributed by atoms with Crippen LogP contribution in [0.4, 0.5) is 0 Å². The monoisotopic (exact) mass is 363 g/mol. The number of nitrogens with zero attached hydrogens (tertiary/aromatic N) is 4. The third-order valence-electron chi connectivity index (χ3n) is 5.15. The standard InChI is InChI=1S/C21H25N5O/c1-15(2)25(14-18-8-9-20(27)24-18)12-16-10-22-21-19(11-23-26(21)13-16)17-6-4-3-5-7-17/h3-7,10-11,13,15,18H,8-9,12,14H2,1-2H3,(H,24,27)/t18-/m1/s1. The molecule has 3 heterocycles. The highest BCUT2D eigenvalue weighted by Crippen LogP contribution is 2.23. The van der Waals surface area contributed by atoms with Crippen LogP contribution in [0.3, 0.4) is 0 Å². The van der Waals surface area contributed by atoms with Gasteiger partial charge in [-0.05, 0) is 25.8 Å². The Kier molecular flexibility index (Phi) is 4.90. The van der Waals surface area contributed by atoms with Crippen molar-refractivity contribution in [3.05, 3.63) is 54.5 Å². The van der Waals surface area contributed by atoms with Crippen molar-refractivity contribution in [2.24, 2.45) is 0 Å². The van der Waals surface area contributed by atoms with E-state index in [1.54, 1.807) is 0 Å². The molecule has 0 bridgehead atoms. The van der Waals surface area contributed by atoms with Gasteiger partial charge in [0.1, 0.15) is 0 Å². The van der Waals surface area contributed by atoms with Crippen LogP contribution in [0.2, 0.25) is 0 Å². The average Bonchev–Trinajstić information content (AvgIpc) is 3.27. The average molecular weight is 363 g/mol. The van der Waals surface area contributed by atoms with Gasteiger partial charge in [-0.15, -0.1) is 0 Å². The zero-order valence-electron chi connectivity index (χ0n) is 15.8. The lowest BCUT2D eigenvalue weighted by Crippen LogP contribution is -2.41. The first-order chi connectivity index (χ1) is 13.1. The van der Waals surface area contributed by atoms with Gasteiger partial charge in [0.25, 0.3) is 0 Å². The summed E-state index contributed by atoms with van der Waals surface area (Å²) in [5, 5.41) is 7.56. The SMILES string of the molecule is CC(C)N(Cc1cnc2c(-c3ccccc3)cnn2c1)C[C@H]1CCC(=O)N1. The van der Waals surface area contributed by atoms with E-state index in [1.807, 2.05) is 35.1 Å². The van der Waals surface area contributed by atoms with Gasteiger partial charge in [-0.1, -0.05) is 30.3 Å². The molecule has 140 valence electrons. The molecule has 1 atom stereocenters. The fourth-order valence-electron chi connectivity index (χ4n) is 3.61. The Balaban J connectivity index is 1.53. The van der Waals surface area contributed by atoms with E-state index >= 15 is 0 Å². The number of carbonyl (C=O) groups is 1. The predicted molar refractivity (Wildman–Crippen MR) is 105 cm³/mol. The molecular formula is C21H25N5O. The number of aromatic nitrogens is 3. The van der Waals surface area contributed by atoms with E-state index in [4.69, 9.17) is 0 Å². The van der Waals surface area contributed by atoms with Gasteiger partial charge in [-0.25, -0.2) is 9.50 Å². The summed E-state index contributed by atoms with van der Waals surface area (Å²) in [5.41, 5.74) is 4.14. The molecule has 1 saturated heterocycles. The van der Waals surface area contributed by atoms with E-state index in [1.165, 1.54) is 0 Å². The number of hydrogen-bond donors (Lipinski definition) is 1. The lowest BCUT2D eigenvalue weighted by atomic mass is 10.1. The van der Waals surface area contributed by atoms with Crippen molar-refractivity contribution >= 4 is 11.6 Å². The number of benzene rings is 1. The molecule has 1 N–H and O–H groups in total. The molecule has 1 fully saturated rings. The minimum atomic E-state index is 0.164. The van der Waals surface area contributed by atoms with Crippen molar-refractivity contribution in [1.82, 2.24) is 24.8 Å². The predicted octanol–water partition coefficient (Wildman–Crippen LogP) is 2.89. The topological polar surface area (TPSA) is 62.5 Å². The molecule has 27 heavy (non-hydrogen) atoms. The van der Waals surface area contributed by atoms with Crippen molar-refractivity contribution in [3.8, 4) is 11.1 Å². The van der Waals surface area contributed by atoms with Crippen LogP contribution in [-0.2, 0) is 11.3 Å². The van der Waals surface area contributed by atoms with E-state index in [9.17, 15) is 4.79 Å². The van der Waals surface area contributed by atoms with Gasteiger partial charge in [-0.3, -0.25) is 9.69 Å². The van der Waals surface area contributed by atoms with Crippen molar-refractivity contribution < 1.29 is 4.79 Å². The maximum Gasteiger partial charge on any atom is 0.220 e. The van der Waals surface area contributed by atoms with Crippen LogP contribution in [0.25, 0.3) is 16.8 Å². The first kappa shape index (κ1) is 17.7. The third kappa shape index (κ3) is 3.85. The Hall–Kier alpha value is -2.73. The molecule has 1 aliphatic heterocycles. The maximum atomic E-state index is 11.5. The third-order valence-corrected chi connectivity index (χ3v) is 5.15. The molecule has 1 aliphatic rings. The Morgan fingerprint density at radius 1 is 1.26 bits per heavy atom. The molecule has 0 saturated carbocycles. The van der Waals surface area contributed by atoms with E-state index < -0.39 is 0 Å². The summed E-state index contributed by atoms with van der Waals surface area (Å²) in [6, 6.07) is 10.8. The van der Waals surface area contributed by atoms with Crippen molar-refractivity contribution in [1.29, 1.82) is 0 Å². The second-order valence-corrected chi connectivity index (χ2v) is 7.48. The van der Waals surface area contributed by atoms with Crippen molar-refractivity contribution in [2.45, 2.75) is 45.3 Å². The Bertz CT molecular complexity index is 934. The van der Waals surface area contributed by atoms with Gasteiger partial charge < -0.3 is 5.32 Å². The molecule has 2 aromatic heterocycles. The molecule has 0 spiro atoms. The normalized spacial score (nSPS) is 17.2. The minimum absolute atomic E-state index is 0.164. The highest BCUT2D eigenvalue weighted by atomic mass is 16.1. The maximum absolute atomic E-state index is 11.5. The van der Waals surface area contributed by atoms with Crippen LogP contribution in [0, 0.1) is 0 Å². The first-order valence-electron chi connectivity index (χ1n) is 9.51. The Labute approximate surface area is 159 Å². The van der Waals surface area contributed by atoms with Crippen molar-refractivity contribution in [3.63, 3.8) is 0 Å². The van der Waals surface area contributed by atoms with Gasteiger partial charge in [-0.2, -0.15) is 5.10 Å². The minimum Gasteiger partial charge on any atom is -0.352 e. The van der Waals surface area contributed by atoms with E-state index in [0.717, 1.165) is 41.8 Å². The molecule has 6 heteroatoms. The lowest BCUT2D eigenvalue weighted by molar-refractivity contribution is -0.119. The number of hydrogen-bond acceptors (Lipinski definition) is 4. The van der Waals surface area contributed by atoms with Crippen LogP contribution < -0.4 is 5.32 Å². The molecule has 3 aromatic rings. The summed E-state index contributed by atoms with van der Waals surface area (Å²) in [7, 11) is 0. The Morgan fingerprint density at radius 3 is 2.78 bits per heavy atom. The van der Waals surface area contributed by atoms with Gasteiger partial charge in [0.15, 0.2) is 5.65 Å². The highest BCUT2D eigenvalue weighted by molar-refractivity contribution is 5.78. The number of amides is 1. The summed E-state index contributed by atoms with van der Waals surface area (Å²) in [5.74, 6) is 0.164.